The van der Waals surface area contributed by atoms with Crippen molar-refractivity contribution in [2.24, 2.45) is 7.05 Å². The van der Waals surface area contributed by atoms with E-state index in [-0.39, 0.29) is 0 Å². The van der Waals surface area contributed by atoms with Gasteiger partial charge in [-0.2, -0.15) is 4.98 Å². The third kappa shape index (κ3) is 1.31. The van der Waals surface area contributed by atoms with Gasteiger partial charge in [-0.15, -0.1) is 5.10 Å². The second-order valence-electron chi connectivity index (χ2n) is 1.66. The highest BCUT2D eigenvalue weighted by molar-refractivity contribution is 9.10. The maximum Gasteiger partial charge on any atom is 0.299 e. The van der Waals surface area contributed by atoms with Crippen LogP contribution in [0.4, 0.5) is 8.78 Å². The topological polar surface area (TPSA) is 30.7 Å². The summed E-state index contributed by atoms with van der Waals surface area (Å²) in [6.45, 7) is 0. The molecule has 0 atom stereocenters. The highest BCUT2D eigenvalue weighted by atomic mass is 79.9. The fourth-order valence-electron chi connectivity index (χ4n) is 0.477. The number of aromatic nitrogens is 3. The summed E-state index contributed by atoms with van der Waals surface area (Å²) in [7, 11) is 1.53. The minimum Gasteiger partial charge on any atom is -0.243 e. The number of aryl methyl sites for hydroxylation is 1. The van der Waals surface area contributed by atoms with Crippen LogP contribution >= 0.6 is 15.9 Å². The van der Waals surface area contributed by atoms with Gasteiger partial charge in [-0.3, -0.25) is 0 Å². The molecule has 0 aromatic carbocycles. The van der Waals surface area contributed by atoms with E-state index in [9.17, 15) is 8.78 Å². The van der Waals surface area contributed by atoms with Gasteiger partial charge < -0.3 is 0 Å². The van der Waals surface area contributed by atoms with Crippen LogP contribution in [0, 0.1) is 0 Å². The molecule has 1 rings (SSSR count). The van der Waals surface area contributed by atoms with Crippen molar-refractivity contribution in [2.75, 3.05) is 0 Å². The first-order valence-corrected chi connectivity index (χ1v) is 3.25. The van der Waals surface area contributed by atoms with Gasteiger partial charge in [-0.05, 0) is 15.9 Å². The highest BCUT2D eigenvalue weighted by Crippen LogP contribution is 2.16. The molecule has 0 N–H and O–H groups in total. The van der Waals surface area contributed by atoms with Crippen molar-refractivity contribution in [3.05, 3.63) is 10.6 Å². The molecular weight excluding hydrogens is 208 g/mol. The monoisotopic (exact) mass is 211 g/mol. The van der Waals surface area contributed by atoms with Crippen LogP contribution in [0.1, 0.15) is 12.2 Å². The molecule has 10 heavy (non-hydrogen) atoms. The molecule has 1 aromatic rings. The van der Waals surface area contributed by atoms with Crippen molar-refractivity contribution in [3.8, 4) is 0 Å². The maximum absolute atomic E-state index is 11.8. The Morgan fingerprint density at radius 1 is 1.60 bits per heavy atom. The smallest absolute Gasteiger partial charge is 0.243 e. The predicted molar refractivity (Wildman–Crippen MR) is 33.7 cm³/mol. The normalized spacial score (nSPS) is 10.9. The fraction of sp³-hybridized carbons (Fsp3) is 0.500. The van der Waals surface area contributed by atoms with Crippen LogP contribution in [-0.4, -0.2) is 14.8 Å². The molecule has 1 heterocycles. The van der Waals surface area contributed by atoms with Crippen LogP contribution in [0.5, 0.6) is 0 Å². The zero-order valence-electron chi connectivity index (χ0n) is 5.05. The van der Waals surface area contributed by atoms with Crippen LogP contribution in [-0.2, 0) is 7.05 Å². The third-order valence-electron chi connectivity index (χ3n) is 0.921. The second kappa shape index (κ2) is 2.61. The Morgan fingerprint density at radius 2 is 2.20 bits per heavy atom. The van der Waals surface area contributed by atoms with E-state index >= 15 is 0 Å². The van der Waals surface area contributed by atoms with E-state index in [4.69, 9.17) is 0 Å². The first-order chi connectivity index (χ1) is 4.61. The number of alkyl halides is 2. The molecule has 0 unspecified atom stereocenters. The first-order valence-electron chi connectivity index (χ1n) is 2.46. The van der Waals surface area contributed by atoms with E-state index in [1.54, 1.807) is 0 Å². The van der Waals surface area contributed by atoms with Gasteiger partial charge in [0, 0.05) is 7.05 Å². The summed E-state index contributed by atoms with van der Waals surface area (Å²) < 4.78 is 25.1. The lowest BCUT2D eigenvalue weighted by Gasteiger charge is -1.86. The molecule has 0 bridgehead atoms. The van der Waals surface area contributed by atoms with Crippen molar-refractivity contribution >= 4 is 15.9 Å². The molecule has 0 spiro atoms. The minimum atomic E-state index is -2.60. The second-order valence-corrected chi connectivity index (χ2v) is 2.37. The number of hydrogen-bond donors (Lipinski definition) is 0. The van der Waals surface area contributed by atoms with Gasteiger partial charge in [-0.1, -0.05) is 0 Å². The Balaban J connectivity index is 2.98. The minimum absolute atomic E-state index is 0.308. The average molecular weight is 212 g/mol. The number of hydrogen-bond acceptors (Lipinski definition) is 2. The average Bonchev–Trinajstić information content (AvgIpc) is 2.13. The van der Waals surface area contributed by atoms with Gasteiger partial charge in [-0.25, -0.2) is 13.5 Å². The van der Waals surface area contributed by atoms with Gasteiger partial charge in [0.05, 0.1) is 0 Å². The molecule has 0 saturated heterocycles. The van der Waals surface area contributed by atoms with Gasteiger partial charge in [0.1, 0.15) is 0 Å². The summed E-state index contributed by atoms with van der Waals surface area (Å²) >= 11 is 2.94. The molecule has 3 nitrogen and oxygen atoms in total. The molecule has 6 heteroatoms. The van der Waals surface area contributed by atoms with Crippen molar-refractivity contribution in [2.45, 2.75) is 6.43 Å². The highest BCUT2D eigenvalue weighted by Gasteiger charge is 2.13. The Hall–Kier alpha value is -0.520. The van der Waals surface area contributed by atoms with E-state index < -0.39 is 12.2 Å². The fourth-order valence-corrected chi connectivity index (χ4v) is 0.738. The Labute approximate surface area is 64.2 Å². The van der Waals surface area contributed by atoms with Crippen LogP contribution in [0.15, 0.2) is 4.73 Å². The Morgan fingerprint density at radius 3 is 2.40 bits per heavy atom. The van der Waals surface area contributed by atoms with Crippen LogP contribution in [0.3, 0.4) is 0 Å². The van der Waals surface area contributed by atoms with Crippen molar-refractivity contribution in [1.82, 2.24) is 14.8 Å². The van der Waals surface area contributed by atoms with E-state index in [0.717, 1.165) is 0 Å². The Kier molecular flexibility index (Phi) is 1.98. The Bertz CT molecular complexity index is 215. The molecule has 0 aliphatic rings. The molecule has 0 radical (unpaired) electrons. The summed E-state index contributed by atoms with van der Waals surface area (Å²) in [6.07, 6.45) is -2.60. The van der Waals surface area contributed by atoms with E-state index in [0.29, 0.717) is 4.73 Å². The molecule has 0 saturated carbocycles. The summed E-state index contributed by atoms with van der Waals surface area (Å²) in [4.78, 5) is 3.43. The molecule has 0 aliphatic heterocycles. The van der Waals surface area contributed by atoms with Crippen molar-refractivity contribution in [1.29, 1.82) is 0 Å². The summed E-state index contributed by atoms with van der Waals surface area (Å²) in [5.74, 6) is -0.450. The standard InChI is InChI=1S/C4H4BrF2N3/c1-10-4(5)8-3(9-10)2(6)7/h2H,1H3. The summed E-state index contributed by atoms with van der Waals surface area (Å²) in [5.41, 5.74) is 0. The molecule has 56 valence electrons. The summed E-state index contributed by atoms with van der Waals surface area (Å²) in [6, 6.07) is 0. The van der Waals surface area contributed by atoms with Crippen LogP contribution in [0.25, 0.3) is 0 Å². The SMILES string of the molecule is Cn1nc(C(F)F)nc1Br. The number of rotatable bonds is 1. The van der Waals surface area contributed by atoms with E-state index in [1.165, 1.54) is 11.7 Å². The lowest BCUT2D eigenvalue weighted by Crippen LogP contribution is -1.92. The van der Waals surface area contributed by atoms with Crippen molar-refractivity contribution in [3.63, 3.8) is 0 Å². The maximum atomic E-state index is 11.8. The quantitative estimate of drug-likeness (QED) is 0.706. The molecule has 0 aliphatic carbocycles. The largest absolute Gasteiger partial charge is 0.299 e. The molecular formula is C4H4BrF2N3. The van der Waals surface area contributed by atoms with Crippen LogP contribution < -0.4 is 0 Å². The van der Waals surface area contributed by atoms with Gasteiger partial charge in [0.15, 0.2) is 4.73 Å². The van der Waals surface area contributed by atoms with E-state index in [1.807, 2.05) is 0 Å². The zero-order valence-corrected chi connectivity index (χ0v) is 6.64. The third-order valence-corrected chi connectivity index (χ3v) is 1.61. The lowest BCUT2D eigenvalue weighted by atomic mass is 10.7. The number of halogens is 3. The molecule has 0 fully saturated rings. The first kappa shape index (κ1) is 7.59. The van der Waals surface area contributed by atoms with E-state index in [2.05, 4.69) is 26.0 Å². The van der Waals surface area contributed by atoms with Crippen molar-refractivity contribution < 1.29 is 8.78 Å². The molecule has 0 amide bonds. The summed E-state index contributed by atoms with van der Waals surface area (Å²) in [5, 5.41) is 3.42. The molecule has 1 aromatic heterocycles. The van der Waals surface area contributed by atoms with Gasteiger partial charge >= 0.3 is 0 Å². The van der Waals surface area contributed by atoms with Gasteiger partial charge in [0.2, 0.25) is 5.82 Å². The van der Waals surface area contributed by atoms with Crippen LogP contribution in [0.2, 0.25) is 0 Å². The van der Waals surface area contributed by atoms with Gasteiger partial charge in [0.25, 0.3) is 6.43 Å². The number of nitrogens with zero attached hydrogens (tertiary/aromatic N) is 3. The lowest BCUT2D eigenvalue weighted by molar-refractivity contribution is 0.140. The zero-order chi connectivity index (χ0) is 7.72. The predicted octanol–water partition coefficient (Wildman–Crippen LogP) is 1.52.